The first-order chi connectivity index (χ1) is 8.92. The van der Waals surface area contributed by atoms with E-state index in [0.717, 1.165) is 10.9 Å². The first kappa shape index (κ1) is 14.0. The van der Waals surface area contributed by atoms with Gasteiger partial charge in [-0.2, -0.15) is 0 Å². The van der Waals surface area contributed by atoms with Gasteiger partial charge in [0.25, 0.3) is 10.0 Å². The van der Waals surface area contributed by atoms with Gasteiger partial charge in [0, 0.05) is 16.8 Å². The Hall–Kier alpha value is -1.44. The maximum Gasteiger partial charge on any atom is 0.262 e. The minimum absolute atomic E-state index is 0.140. The average Bonchev–Trinajstić information content (AvgIpc) is 2.83. The highest BCUT2D eigenvalue weighted by atomic mass is 32.2. The van der Waals surface area contributed by atoms with Crippen molar-refractivity contribution in [2.45, 2.75) is 18.4 Å². The van der Waals surface area contributed by atoms with Crippen molar-refractivity contribution < 1.29 is 12.8 Å². The molecule has 0 unspecified atom stereocenters. The molecule has 3 N–H and O–H groups in total. The summed E-state index contributed by atoms with van der Waals surface area (Å²) in [6, 6.07) is 5.47. The summed E-state index contributed by atoms with van der Waals surface area (Å²) >= 11 is 1.28. The smallest absolute Gasteiger partial charge is 0.262 e. The van der Waals surface area contributed by atoms with E-state index >= 15 is 0 Å². The zero-order valence-corrected chi connectivity index (χ0v) is 11.8. The van der Waals surface area contributed by atoms with Gasteiger partial charge in [-0.1, -0.05) is 6.07 Å². The third kappa shape index (κ3) is 3.12. The zero-order chi connectivity index (χ0) is 14.0. The predicted molar refractivity (Wildman–Crippen MR) is 74.2 cm³/mol. The van der Waals surface area contributed by atoms with E-state index in [2.05, 4.69) is 4.72 Å². The second-order valence-corrected chi connectivity index (χ2v) is 6.70. The second kappa shape index (κ2) is 5.28. The number of hydrogen-bond acceptors (Lipinski definition) is 4. The number of hydrogen-bond donors (Lipinski definition) is 2. The second-order valence-electron chi connectivity index (χ2n) is 4.02. The van der Waals surface area contributed by atoms with E-state index in [0.29, 0.717) is 12.1 Å². The molecule has 19 heavy (non-hydrogen) atoms. The number of sulfonamides is 1. The Kier molecular flexibility index (Phi) is 3.88. The molecular weight excluding hydrogens is 287 g/mol. The van der Waals surface area contributed by atoms with E-state index in [1.807, 2.05) is 0 Å². The van der Waals surface area contributed by atoms with Crippen LogP contribution >= 0.6 is 11.3 Å². The predicted octanol–water partition coefficient (Wildman–Crippen LogP) is 2.46. The SMILES string of the molecule is Cc1ccc(F)cc1NS(=O)(=O)c1csc(CN)c1. The molecule has 102 valence electrons. The van der Waals surface area contributed by atoms with Crippen LogP contribution in [0.4, 0.5) is 10.1 Å². The Bertz CT molecular complexity index is 696. The summed E-state index contributed by atoms with van der Waals surface area (Å²) in [5.41, 5.74) is 6.34. The van der Waals surface area contributed by atoms with E-state index in [-0.39, 0.29) is 10.6 Å². The van der Waals surface area contributed by atoms with Crippen molar-refractivity contribution in [1.82, 2.24) is 0 Å². The number of halogens is 1. The van der Waals surface area contributed by atoms with Crippen molar-refractivity contribution in [1.29, 1.82) is 0 Å². The number of nitrogens with two attached hydrogens (primary N) is 1. The van der Waals surface area contributed by atoms with Crippen LogP contribution in [0, 0.1) is 12.7 Å². The average molecular weight is 300 g/mol. The number of aryl methyl sites for hydroxylation is 1. The lowest BCUT2D eigenvalue weighted by molar-refractivity contribution is 0.601. The number of anilines is 1. The van der Waals surface area contributed by atoms with Crippen LogP contribution in [-0.2, 0) is 16.6 Å². The lowest BCUT2D eigenvalue weighted by atomic mass is 10.2. The summed E-state index contributed by atoms with van der Waals surface area (Å²) in [6.45, 7) is 2.00. The van der Waals surface area contributed by atoms with Gasteiger partial charge in [0.1, 0.15) is 5.82 Å². The highest BCUT2D eigenvalue weighted by Gasteiger charge is 2.17. The van der Waals surface area contributed by atoms with Crippen LogP contribution in [-0.4, -0.2) is 8.42 Å². The van der Waals surface area contributed by atoms with Crippen LogP contribution in [0.2, 0.25) is 0 Å². The lowest BCUT2D eigenvalue weighted by Gasteiger charge is -2.09. The van der Waals surface area contributed by atoms with E-state index in [1.54, 1.807) is 6.92 Å². The summed E-state index contributed by atoms with van der Waals surface area (Å²) in [5.74, 6) is -0.490. The minimum Gasteiger partial charge on any atom is -0.326 e. The van der Waals surface area contributed by atoms with E-state index in [1.165, 1.54) is 34.9 Å². The maximum atomic E-state index is 13.1. The molecule has 0 aliphatic carbocycles. The maximum absolute atomic E-state index is 13.1. The molecule has 0 bridgehead atoms. The molecule has 4 nitrogen and oxygen atoms in total. The highest BCUT2D eigenvalue weighted by Crippen LogP contribution is 2.23. The number of rotatable bonds is 4. The fourth-order valence-electron chi connectivity index (χ4n) is 1.52. The van der Waals surface area contributed by atoms with Gasteiger partial charge in [-0.3, -0.25) is 4.72 Å². The first-order valence-corrected chi connectivity index (χ1v) is 7.85. The van der Waals surface area contributed by atoms with Gasteiger partial charge in [0.15, 0.2) is 0 Å². The third-order valence-electron chi connectivity index (χ3n) is 2.59. The van der Waals surface area contributed by atoms with E-state index in [9.17, 15) is 12.8 Å². The fourth-order valence-corrected chi connectivity index (χ4v) is 3.79. The third-order valence-corrected chi connectivity index (χ3v) is 5.04. The molecule has 0 saturated carbocycles. The summed E-state index contributed by atoms with van der Waals surface area (Å²) in [5, 5.41) is 1.51. The highest BCUT2D eigenvalue weighted by molar-refractivity contribution is 7.92. The summed E-state index contributed by atoms with van der Waals surface area (Å²) < 4.78 is 39.8. The molecule has 0 spiro atoms. The molecule has 1 aromatic carbocycles. The van der Waals surface area contributed by atoms with Crippen LogP contribution in [0.5, 0.6) is 0 Å². The van der Waals surface area contributed by atoms with Gasteiger partial charge in [-0.15, -0.1) is 11.3 Å². The van der Waals surface area contributed by atoms with Crippen LogP contribution in [0.15, 0.2) is 34.5 Å². The van der Waals surface area contributed by atoms with Gasteiger partial charge in [-0.25, -0.2) is 12.8 Å². The quantitative estimate of drug-likeness (QED) is 0.911. The molecule has 0 atom stereocenters. The first-order valence-electron chi connectivity index (χ1n) is 5.49. The standard InChI is InChI=1S/C12H13FN2O2S2/c1-8-2-3-9(13)4-12(8)15-19(16,17)11-5-10(6-14)18-7-11/h2-5,7,15H,6,14H2,1H3. The molecule has 2 rings (SSSR count). The van der Waals surface area contributed by atoms with Crippen molar-refractivity contribution >= 4 is 27.0 Å². The van der Waals surface area contributed by atoms with E-state index < -0.39 is 15.8 Å². The molecule has 0 amide bonds. The largest absolute Gasteiger partial charge is 0.326 e. The normalized spacial score (nSPS) is 11.5. The number of benzene rings is 1. The zero-order valence-electron chi connectivity index (χ0n) is 10.2. The van der Waals surface area contributed by atoms with Crippen LogP contribution in [0.3, 0.4) is 0 Å². The molecule has 0 radical (unpaired) electrons. The van der Waals surface area contributed by atoms with Gasteiger partial charge in [-0.05, 0) is 30.7 Å². The van der Waals surface area contributed by atoms with Crippen LogP contribution in [0.25, 0.3) is 0 Å². The Morgan fingerprint density at radius 1 is 1.37 bits per heavy atom. The molecule has 1 heterocycles. The molecular formula is C12H13FN2O2S2. The Labute approximate surface area is 115 Å². The van der Waals surface area contributed by atoms with Crippen molar-refractivity contribution in [3.63, 3.8) is 0 Å². The van der Waals surface area contributed by atoms with Crippen molar-refractivity contribution in [3.05, 3.63) is 45.9 Å². The number of nitrogens with one attached hydrogen (secondary N) is 1. The van der Waals surface area contributed by atoms with Crippen LogP contribution in [0.1, 0.15) is 10.4 Å². The molecule has 0 aliphatic heterocycles. The Balaban J connectivity index is 2.33. The Morgan fingerprint density at radius 3 is 2.74 bits per heavy atom. The summed E-state index contributed by atoms with van der Waals surface area (Å²) in [4.78, 5) is 0.915. The van der Waals surface area contributed by atoms with Crippen molar-refractivity contribution in [2.24, 2.45) is 5.73 Å². The molecule has 7 heteroatoms. The van der Waals surface area contributed by atoms with Gasteiger partial charge >= 0.3 is 0 Å². The monoisotopic (exact) mass is 300 g/mol. The molecule has 0 saturated heterocycles. The summed E-state index contributed by atoms with van der Waals surface area (Å²) in [6.07, 6.45) is 0. The minimum atomic E-state index is -3.70. The van der Waals surface area contributed by atoms with Gasteiger partial charge in [0.2, 0.25) is 0 Å². The van der Waals surface area contributed by atoms with Crippen molar-refractivity contribution in [2.75, 3.05) is 4.72 Å². The molecule has 2 aromatic rings. The van der Waals surface area contributed by atoms with E-state index in [4.69, 9.17) is 5.73 Å². The van der Waals surface area contributed by atoms with Gasteiger partial charge < -0.3 is 5.73 Å². The topological polar surface area (TPSA) is 72.2 Å². The molecule has 0 fully saturated rings. The lowest BCUT2D eigenvalue weighted by Crippen LogP contribution is -2.13. The van der Waals surface area contributed by atoms with Crippen molar-refractivity contribution in [3.8, 4) is 0 Å². The summed E-state index contributed by atoms with van der Waals surface area (Å²) in [7, 11) is -3.70. The van der Waals surface area contributed by atoms with Crippen LogP contribution < -0.4 is 10.5 Å². The molecule has 0 aliphatic rings. The number of thiophene rings is 1. The Morgan fingerprint density at radius 2 is 2.11 bits per heavy atom. The molecule has 1 aromatic heterocycles. The fraction of sp³-hybridized carbons (Fsp3) is 0.167. The van der Waals surface area contributed by atoms with Gasteiger partial charge in [0.05, 0.1) is 10.6 Å².